The fraction of sp³-hybridized carbons (Fsp3) is 1.00. The molecule has 1 atom stereocenters. The Labute approximate surface area is 42.2 Å². The number of aliphatic hydroxyl groups is 2. The first-order valence-electron chi connectivity index (χ1n) is 1.32. The van der Waals surface area contributed by atoms with Gasteiger partial charge in [0.15, 0.2) is 0 Å². The number of rotatable bonds is 1. The molecular formula is C2H8ClNO2. The molecule has 0 rings (SSSR count). The van der Waals surface area contributed by atoms with Gasteiger partial charge in [0.2, 0.25) is 0 Å². The van der Waals surface area contributed by atoms with Crippen molar-refractivity contribution >= 4 is 12.4 Å². The van der Waals surface area contributed by atoms with E-state index in [0.29, 0.717) is 0 Å². The normalized spacial score (nSPS) is 12.5. The van der Waals surface area contributed by atoms with Gasteiger partial charge in [-0.2, -0.15) is 0 Å². The van der Waals surface area contributed by atoms with Crippen molar-refractivity contribution in [2.45, 2.75) is 6.23 Å². The maximum absolute atomic E-state index is 7.89. The third-order valence-corrected chi connectivity index (χ3v) is 0.187. The Morgan fingerprint density at radius 1 is 1.67 bits per heavy atom. The van der Waals surface area contributed by atoms with Crippen molar-refractivity contribution < 1.29 is 10.2 Å². The van der Waals surface area contributed by atoms with Crippen LogP contribution in [0.4, 0.5) is 0 Å². The number of hydrogen-bond donors (Lipinski definition) is 3. The Morgan fingerprint density at radius 2 is 1.83 bits per heavy atom. The molecule has 1 unspecified atom stereocenters. The van der Waals surface area contributed by atoms with Crippen LogP contribution in [0.25, 0.3) is 0 Å². The summed E-state index contributed by atoms with van der Waals surface area (Å²) in [5.41, 5.74) is 4.60. The minimum Gasteiger partial charge on any atom is -0.392 e. The van der Waals surface area contributed by atoms with Gasteiger partial charge in [-0.15, -0.1) is 12.4 Å². The van der Waals surface area contributed by atoms with E-state index in [1.165, 1.54) is 0 Å². The molecule has 0 fully saturated rings. The van der Waals surface area contributed by atoms with Crippen LogP contribution < -0.4 is 5.73 Å². The van der Waals surface area contributed by atoms with Gasteiger partial charge in [0.1, 0.15) is 6.23 Å². The van der Waals surface area contributed by atoms with Gasteiger partial charge < -0.3 is 15.9 Å². The number of nitrogens with two attached hydrogens (primary N) is 1. The number of hydrogen-bond acceptors (Lipinski definition) is 3. The van der Waals surface area contributed by atoms with Crippen molar-refractivity contribution in [2.24, 2.45) is 5.73 Å². The van der Waals surface area contributed by atoms with Crippen molar-refractivity contribution in [1.82, 2.24) is 0 Å². The Balaban J connectivity index is 0. The summed E-state index contributed by atoms with van der Waals surface area (Å²) in [7, 11) is 0. The summed E-state index contributed by atoms with van der Waals surface area (Å²) in [6, 6.07) is 0. The predicted octanol–water partition coefficient (Wildman–Crippen LogP) is -1.32. The SMILES string of the molecule is Cl.NC(O)CO. The zero-order valence-corrected chi connectivity index (χ0v) is 3.98. The third-order valence-electron chi connectivity index (χ3n) is 0.187. The fourth-order valence-corrected chi connectivity index (χ4v) is 0. The van der Waals surface area contributed by atoms with E-state index in [9.17, 15) is 0 Å². The molecule has 0 aliphatic heterocycles. The first-order valence-corrected chi connectivity index (χ1v) is 1.32. The van der Waals surface area contributed by atoms with Crippen molar-refractivity contribution in [2.75, 3.05) is 6.61 Å². The van der Waals surface area contributed by atoms with Crippen molar-refractivity contribution in [3.05, 3.63) is 0 Å². The van der Waals surface area contributed by atoms with Gasteiger partial charge in [0.05, 0.1) is 6.61 Å². The topological polar surface area (TPSA) is 66.5 Å². The molecule has 0 spiro atoms. The minimum absolute atomic E-state index is 0. The quantitative estimate of drug-likeness (QED) is 0.370. The first-order chi connectivity index (χ1) is 2.27. The second kappa shape index (κ2) is 5.17. The molecule has 6 heavy (non-hydrogen) atoms. The highest BCUT2D eigenvalue weighted by Gasteiger charge is 1.83. The van der Waals surface area contributed by atoms with Gasteiger partial charge in [0, 0.05) is 0 Å². The lowest BCUT2D eigenvalue weighted by molar-refractivity contribution is 0.101. The smallest absolute Gasteiger partial charge is 0.125 e. The lowest BCUT2D eigenvalue weighted by Gasteiger charge is -1.91. The highest BCUT2D eigenvalue weighted by Crippen LogP contribution is 1.55. The van der Waals surface area contributed by atoms with Gasteiger partial charge in [-0.25, -0.2) is 0 Å². The summed E-state index contributed by atoms with van der Waals surface area (Å²) in [5, 5.41) is 15.7. The molecule has 4 N–H and O–H groups in total. The van der Waals surface area contributed by atoms with Crippen LogP contribution in [-0.2, 0) is 0 Å². The number of aliphatic hydroxyl groups excluding tert-OH is 2. The predicted molar refractivity (Wildman–Crippen MR) is 24.5 cm³/mol. The van der Waals surface area contributed by atoms with Gasteiger partial charge >= 0.3 is 0 Å². The maximum atomic E-state index is 7.89. The molecule has 0 aliphatic rings. The molecule has 0 saturated heterocycles. The molecule has 0 bridgehead atoms. The lowest BCUT2D eigenvalue weighted by Crippen LogP contribution is -2.22. The average Bonchev–Trinajstić information content (AvgIpc) is 1.38. The van der Waals surface area contributed by atoms with Crippen LogP contribution >= 0.6 is 12.4 Å². The summed E-state index contributed by atoms with van der Waals surface area (Å²) >= 11 is 0. The molecule has 0 amide bonds. The largest absolute Gasteiger partial charge is 0.392 e. The van der Waals surface area contributed by atoms with Gasteiger partial charge in [-0.3, -0.25) is 0 Å². The molecule has 0 saturated carbocycles. The molecule has 0 aromatic carbocycles. The molecule has 3 nitrogen and oxygen atoms in total. The highest BCUT2D eigenvalue weighted by molar-refractivity contribution is 5.85. The molecule has 40 valence electrons. The molecule has 4 heteroatoms. The van der Waals surface area contributed by atoms with Crippen LogP contribution in [0.3, 0.4) is 0 Å². The summed E-state index contributed by atoms with van der Waals surface area (Å²) in [4.78, 5) is 0. The highest BCUT2D eigenvalue weighted by atomic mass is 35.5. The molecule has 0 aliphatic carbocycles. The first kappa shape index (κ1) is 9.48. The molecule has 0 aromatic heterocycles. The standard InChI is InChI=1S/C2H7NO2.ClH/c3-2(5)1-4;/h2,4-5H,1,3H2;1H. The molecule has 0 radical (unpaired) electrons. The number of halogens is 1. The van der Waals surface area contributed by atoms with Crippen molar-refractivity contribution in [3.63, 3.8) is 0 Å². The molecule has 0 aromatic rings. The van der Waals surface area contributed by atoms with E-state index in [1.54, 1.807) is 0 Å². The van der Waals surface area contributed by atoms with E-state index in [2.05, 4.69) is 5.73 Å². The van der Waals surface area contributed by atoms with Crippen LogP contribution in [0.1, 0.15) is 0 Å². The zero-order chi connectivity index (χ0) is 4.28. The van der Waals surface area contributed by atoms with E-state index in [0.717, 1.165) is 0 Å². The zero-order valence-electron chi connectivity index (χ0n) is 3.16. The minimum atomic E-state index is -1.06. The van der Waals surface area contributed by atoms with Crippen LogP contribution in [0.5, 0.6) is 0 Å². The van der Waals surface area contributed by atoms with Crippen LogP contribution in [0.15, 0.2) is 0 Å². The summed E-state index contributed by atoms with van der Waals surface area (Å²) in [6.45, 7) is -0.361. The van der Waals surface area contributed by atoms with Gasteiger partial charge in [-0.05, 0) is 0 Å². The van der Waals surface area contributed by atoms with E-state index >= 15 is 0 Å². The Bertz CT molecular complexity index is 25.5. The average molecular weight is 114 g/mol. The van der Waals surface area contributed by atoms with Crippen molar-refractivity contribution in [1.29, 1.82) is 0 Å². The van der Waals surface area contributed by atoms with E-state index in [1.807, 2.05) is 0 Å². The Morgan fingerprint density at radius 3 is 1.83 bits per heavy atom. The Kier molecular flexibility index (Phi) is 8.17. The summed E-state index contributed by atoms with van der Waals surface area (Å²) in [5.74, 6) is 0. The third kappa shape index (κ3) is 8.90. The Hall–Kier alpha value is 0.170. The monoisotopic (exact) mass is 113 g/mol. The van der Waals surface area contributed by atoms with Gasteiger partial charge in [0.25, 0.3) is 0 Å². The summed E-state index contributed by atoms with van der Waals surface area (Å²) in [6.07, 6.45) is -1.06. The summed E-state index contributed by atoms with van der Waals surface area (Å²) < 4.78 is 0. The van der Waals surface area contributed by atoms with Crippen LogP contribution in [0.2, 0.25) is 0 Å². The second-order valence-corrected chi connectivity index (χ2v) is 0.750. The van der Waals surface area contributed by atoms with E-state index in [-0.39, 0.29) is 19.0 Å². The molecule has 0 heterocycles. The van der Waals surface area contributed by atoms with Crippen LogP contribution in [0, 0.1) is 0 Å². The molecular weight excluding hydrogens is 105 g/mol. The maximum Gasteiger partial charge on any atom is 0.125 e. The van der Waals surface area contributed by atoms with Crippen LogP contribution in [-0.4, -0.2) is 23.0 Å². The van der Waals surface area contributed by atoms with E-state index in [4.69, 9.17) is 10.2 Å². The van der Waals surface area contributed by atoms with Crippen molar-refractivity contribution in [3.8, 4) is 0 Å². The van der Waals surface area contributed by atoms with E-state index < -0.39 is 6.23 Å². The lowest BCUT2D eigenvalue weighted by atomic mass is 10.7. The van der Waals surface area contributed by atoms with Gasteiger partial charge in [-0.1, -0.05) is 0 Å². The second-order valence-electron chi connectivity index (χ2n) is 0.750. The fourth-order valence-electron chi connectivity index (χ4n) is 0.